The maximum absolute atomic E-state index is 10.5. The van der Waals surface area contributed by atoms with Gasteiger partial charge in [0.1, 0.15) is 13.4 Å². The van der Waals surface area contributed by atoms with Crippen LogP contribution < -0.4 is 0 Å². The molecule has 0 aromatic carbocycles. The lowest BCUT2D eigenvalue weighted by atomic mass is 10.2. The van der Waals surface area contributed by atoms with Gasteiger partial charge >= 0.3 is 6.16 Å². The topological polar surface area (TPSA) is 54.0 Å². The molecule has 0 unspecified atom stereocenters. The number of carbonyl (C=O) groups excluding carboxylic acids is 1. The van der Waals surface area contributed by atoms with Gasteiger partial charge in [0.25, 0.3) is 0 Å². The zero-order valence-corrected chi connectivity index (χ0v) is 6.95. The smallest absolute Gasteiger partial charge is 0.438 e. The summed E-state index contributed by atoms with van der Waals surface area (Å²) in [5.41, 5.74) is 0. The molecule has 0 spiro atoms. The highest BCUT2D eigenvalue weighted by Crippen LogP contribution is 2.05. The molecule has 1 heterocycles. The summed E-state index contributed by atoms with van der Waals surface area (Å²) in [5.74, 6) is 0.123. The molecule has 1 aliphatic rings. The average Bonchev–Trinajstić information content (AvgIpc) is 2.16. The van der Waals surface area contributed by atoms with Crippen LogP contribution in [0.4, 0.5) is 4.79 Å². The third-order valence-electron chi connectivity index (χ3n) is 1.48. The minimum absolute atomic E-state index is 0.123. The minimum atomic E-state index is -0.666. The summed E-state index contributed by atoms with van der Waals surface area (Å²) in [4.78, 5) is 10.5. The zero-order valence-electron chi connectivity index (χ0n) is 6.95. The van der Waals surface area contributed by atoms with Crippen molar-refractivity contribution < 1.29 is 23.7 Å². The Labute approximate surface area is 70.5 Å². The Balaban J connectivity index is 2.09. The maximum atomic E-state index is 10.5. The minimum Gasteiger partial charge on any atom is -0.438 e. The summed E-state index contributed by atoms with van der Waals surface area (Å²) in [5, 5.41) is 0. The normalized spacial score (nSPS) is 18.8. The van der Waals surface area contributed by atoms with Crippen molar-refractivity contribution in [3.05, 3.63) is 0 Å². The number of hydrogen-bond acceptors (Lipinski definition) is 5. The van der Waals surface area contributed by atoms with E-state index in [9.17, 15) is 4.79 Å². The van der Waals surface area contributed by atoms with E-state index < -0.39 is 6.16 Å². The number of methoxy groups -OCH3 is 1. The molecule has 0 aromatic rings. The summed E-state index contributed by atoms with van der Waals surface area (Å²) >= 11 is 0. The summed E-state index contributed by atoms with van der Waals surface area (Å²) in [7, 11) is 1.27. The van der Waals surface area contributed by atoms with Crippen LogP contribution in [0.5, 0.6) is 0 Å². The molecule has 0 atom stereocenters. The van der Waals surface area contributed by atoms with Gasteiger partial charge in [0, 0.05) is 5.92 Å². The molecule has 12 heavy (non-hydrogen) atoms. The predicted molar refractivity (Wildman–Crippen MR) is 38.6 cm³/mol. The third kappa shape index (κ3) is 3.06. The summed E-state index contributed by atoms with van der Waals surface area (Å²) in [6.45, 7) is 1.75. The molecule has 5 heteroatoms. The van der Waals surface area contributed by atoms with Crippen LogP contribution in [0.25, 0.3) is 0 Å². The Morgan fingerprint density at radius 2 is 2.17 bits per heavy atom. The first-order valence-corrected chi connectivity index (χ1v) is 3.69. The van der Waals surface area contributed by atoms with Gasteiger partial charge in [0.05, 0.1) is 20.3 Å². The second-order valence-electron chi connectivity index (χ2n) is 2.49. The summed E-state index contributed by atoms with van der Waals surface area (Å²) < 4.78 is 19.0. The van der Waals surface area contributed by atoms with Crippen LogP contribution in [-0.2, 0) is 18.9 Å². The van der Waals surface area contributed by atoms with Gasteiger partial charge in [-0.2, -0.15) is 0 Å². The van der Waals surface area contributed by atoms with Gasteiger partial charge in [0.15, 0.2) is 0 Å². The van der Waals surface area contributed by atoms with Crippen LogP contribution in [-0.4, -0.2) is 39.9 Å². The Morgan fingerprint density at radius 3 is 2.75 bits per heavy atom. The molecule has 70 valence electrons. The van der Waals surface area contributed by atoms with Crippen molar-refractivity contribution in [3.8, 4) is 0 Å². The van der Waals surface area contributed by atoms with E-state index in [0.717, 1.165) is 0 Å². The van der Waals surface area contributed by atoms with Crippen molar-refractivity contribution in [3.63, 3.8) is 0 Å². The molecule has 0 radical (unpaired) electrons. The summed E-state index contributed by atoms with van der Waals surface area (Å²) in [6, 6.07) is 0. The first-order valence-electron chi connectivity index (χ1n) is 3.69. The maximum Gasteiger partial charge on any atom is 0.507 e. The lowest BCUT2D eigenvalue weighted by molar-refractivity contribution is -0.135. The van der Waals surface area contributed by atoms with Gasteiger partial charge in [-0.1, -0.05) is 0 Å². The molecular formula is C7H12O5. The molecule has 0 aliphatic carbocycles. The molecule has 0 saturated carbocycles. The van der Waals surface area contributed by atoms with E-state index in [2.05, 4.69) is 4.74 Å². The lowest BCUT2D eigenvalue weighted by Gasteiger charge is -2.21. The van der Waals surface area contributed by atoms with Crippen molar-refractivity contribution >= 4 is 6.16 Å². The molecule has 0 bridgehead atoms. The average molecular weight is 176 g/mol. The second kappa shape index (κ2) is 4.95. The first kappa shape index (κ1) is 9.28. The molecule has 1 aliphatic heterocycles. The monoisotopic (exact) mass is 176 g/mol. The van der Waals surface area contributed by atoms with Crippen molar-refractivity contribution in [1.29, 1.82) is 0 Å². The van der Waals surface area contributed by atoms with Crippen LogP contribution in [0, 0.1) is 5.92 Å². The second-order valence-corrected chi connectivity index (χ2v) is 2.49. The van der Waals surface area contributed by atoms with Crippen LogP contribution in [0.15, 0.2) is 0 Å². The quantitative estimate of drug-likeness (QED) is 0.569. The van der Waals surface area contributed by atoms with E-state index in [1.807, 2.05) is 0 Å². The van der Waals surface area contributed by atoms with Gasteiger partial charge in [-0.05, 0) is 0 Å². The van der Waals surface area contributed by atoms with Crippen LogP contribution in [0.3, 0.4) is 0 Å². The highest BCUT2D eigenvalue weighted by atomic mass is 16.7. The third-order valence-corrected chi connectivity index (χ3v) is 1.48. The fourth-order valence-corrected chi connectivity index (χ4v) is 0.878. The van der Waals surface area contributed by atoms with Crippen LogP contribution in [0.1, 0.15) is 0 Å². The van der Waals surface area contributed by atoms with E-state index in [4.69, 9.17) is 14.2 Å². The molecule has 1 saturated heterocycles. The lowest BCUT2D eigenvalue weighted by Crippen LogP contribution is -2.28. The fourth-order valence-electron chi connectivity index (χ4n) is 0.878. The van der Waals surface area contributed by atoms with Gasteiger partial charge in [-0.25, -0.2) is 4.79 Å². The standard InChI is InChI=1S/C7H12O5/c1-9-7(8)12-4-6-2-10-5-11-3-6/h6H,2-5H2,1H3. The van der Waals surface area contributed by atoms with Crippen LogP contribution in [0.2, 0.25) is 0 Å². The van der Waals surface area contributed by atoms with Crippen molar-refractivity contribution in [2.24, 2.45) is 5.92 Å². The van der Waals surface area contributed by atoms with E-state index in [1.165, 1.54) is 7.11 Å². The fraction of sp³-hybridized carbons (Fsp3) is 0.857. The Bertz CT molecular complexity index is 141. The largest absolute Gasteiger partial charge is 0.507 e. The molecule has 0 N–H and O–H groups in total. The van der Waals surface area contributed by atoms with Gasteiger partial charge in [-0.3, -0.25) is 0 Å². The van der Waals surface area contributed by atoms with Crippen molar-refractivity contribution in [2.75, 3.05) is 33.7 Å². The first-order chi connectivity index (χ1) is 5.83. The number of ether oxygens (including phenoxy) is 4. The summed E-state index contributed by atoms with van der Waals surface area (Å²) in [6.07, 6.45) is -0.666. The van der Waals surface area contributed by atoms with Gasteiger partial charge < -0.3 is 18.9 Å². The zero-order chi connectivity index (χ0) is 8.81. The molecule has 5 nitrogen and oxygen atoms in total. The highest BCUT2D eigenvalue weighted by Gasteiger charge is 2.16. The molecule has 1 rings (SSSR count). The molecule has 1 fully saturated rings. The van der Waals surface area contributed by atoms with Gasteiger partial charge in [0.2, 0.25) is 0 Å². The predicted octanol–water partition coefficient (Wildman–Crippen LogP) is 0.390. The number of carbonyl (C=O) groups is 1. The van der Waals surface area contributed by atoms with Crippen LogP contribution >= 0.6 is 0 Å². The Morgan fingerprint density at radius 1 is 1.50 bits per heavy atom. The highest BCUT2D eigenvalue weighted by molar-refractivity contribution is 5.59. The van der Waals surface area contributed by atoms with E-state index in [0.29, 0.717) is 20.0 Å². The van der Waals surface area contributed by atoms with E-state index in [-0.39, 0.29) is 12.5 Å². The van der Waals surface area contributed by atoms with Gasteiger partial charge in [-0.15, -0.1) is 0 Å². The molecule has 0 amide bonds. The van der Waals surface area contributed by atoms with E-state index >= 15 is 0 Å². The van der Waals surface area contributed by atoms with E-state index in [1.54, 1.807) is 0 Å². The molecule has 0 aromatic heterocycles. The molecular weight excluding hydrogens is 164 g/mol. The van der Waals surface area contributed by atoms with Crippen molar-refractivity contribution in [1.82, 2.24) is 0 Å². The SMILES string of the molecule is COC(=O)OCC1COCOC1. The number of rotatable bonds is 2. The Kier molecular flexibility index (Phi) is 3.83. The van der Waals surface area contributed by atoms with Crippen molar-refractivity contribution in [2.45, 2.75) is 0 Å². The Hall–Kier alpha value is -0.810. The number of hydrogen-bond donors (Lipinski definition) is 0.